The van der Waals surface area contributed by atoms with Gasteiger partial charge in [0.05, 0.1) is 13.0 Å². The fourth-order valence-corrected chi connectivity index (χ4v) is 5.06. The number of nitrogens with one attached hydrogen (secondary N) is 1. The number of carbonyl (C=O) groups excluding carboxylic acids is 2. The molecule has 9 nitrogen and oxygen atoms in total. The first-order valence-corrected chi connectivity index (χ1v) is 12.4. The fraction of sp³-hybridized carbons (Fsp3) is 0.417. The molecule has 4 heterocycles. The van der Waals surface area contributed by atoms with Crippen molar-refractivity contribution < 1.29 is 19.1 Å². The molecule has 1 fully saturated rings. The summed E-state index contributed by atoms with van der Waals surface area (Å²) in [5, 5.41) is 10.4. The van der Waals surface area contributed by atoms with Crippen LogP contribution >= 0.6 is 11.3 Å². The first kappa shape index (κ1) is 21.2. The van der Waals surface area contributed by atoms with Gasteiger partial charge in [-0.15, -0.1) is 11.3 Å². The normalized spacial score (nSPS) is 16.4. The van der Waals surface area contributed by atoms with Gasteiger partial charge in [0, 0.05) is 48.9 Å². The lowest BCUT2D eigenvalue weighted by Gasteiger charge is -2.28. The molecule has 1 saturated carbocycles. The molecule has 2 aromatic heterocycles. The number of fused-ring (bicyclic) bond motifs is 2. The molecule has 2 amide bonds. The van der Waals surface area contributed by atoms with Crippen LogP contribution in [-0.2, 0) is 37.3 Å². The SMILES string of the molecule is O=C(NCc1nccs1)c1nn(CC2CC2)c2c1CN(C(=O)Cc1ccc3c(c1)OCO3)CC2. The van der Waals surface area contributed by atoms with Crippen molar-refractivity contribution >= 4 is 23.2 Å². The Morgan fingerprint density at radius 1 is 1.21 bits per heavy atom. The maximum atomic E-state index is 13.2. The van der Waals surface area contributed by atoms with Gasteiger partial charge in [-0.05, 0) is 36.5 Å². The zero-order valence-electron chi connectivity index (χ0n) is 18.7. The van der Waals surface area contributed by atoms with E-state index in [0.29, 0.717) is 49.2 Å². The summed E-state index contributed by atoms with van der Waals surface area (Å²) in [5.74, 6) is 1.82. The average molecular weight is 480 g/mol. The van der Waals surface area contributed by atoms with Crippen LogP contribution in [0.5, 0.6) is 11.5 Å². The topological polar surface area (TPSA) is 98.6 Å². The summed E-state index contributed by atoms with van der Waals surface area (Å²) in [7, 11) is 0. The summed E-state index contributed by atoms with van der Waals surface area (Å²) < 4.78 is 12.8. The molecule has 34 heavy (non-hydrogen) atoms. The maximum absolute atomic E-state index is 13.2. The first-order valence-electron chi connectivity index (χ1n) is 11.6. The fourth-order valence-electron chi connectivity index (χ4n) is 4.50. The number of rotatable bonds is 7. The molecule has 0 spiro atoms. The Bertz CT molecular complexity index is 1230. The van der Waals surface area contributed by atoms with Crippen LogP contribution in [0, 0.1) is 5.92 Å². The maximum Gasteiger partial charge on any atom is 0.272 e. The monoisotopic (exact) mass is 479 g/mol. The molecule has 6 rings (SSSR count). The Labute approximate surface area is 200 Å². The second-order valence-corrected chi connectivity index (χ2v) is 9.92. The molecule has 10 heteroatoms. The van der Waals surface area contributed by atoms with Crippen LogP contribution in [0.4, 0.5) is 0 Å². The number of carbonyl (C=O) groups is 2. The standard InChI is InChI=1S/C24H25N5O4S/c30-22(10-16-3-4-19-20(9-16)33-14-32-19)28-7-5-18-17(13-28)23(27-29(18)12-15-1-2-15)24(31)26-11-21-25-6-8-34-21/h3-4,6,8-9,15H,1-2,5,7,10-14H2,(H,26,31). The van der Waals surface area contributed by atoms with Gasteiger partial charge in [-0.2, -0.15) is 5.10 Å². The van der Waals surface area contributed by atoms with Gasteiger partial charge in [-0.3, -0.25) is 14.3 Å². The van der Waals surface area contributed by atoms with E-state index in [2.05, 4.69) is 10.3 Å². The Morgan fingerprint density at radius 2 is 2.09 bits per heavy atom. The largest absolute Gasteiger partial charge is 0.454 e. The van der Waals surface area contributed by atoms with Crippen molar-refractivity contribution in [3.05, 3.63) is 57.3 Å². The molecule has 2 aliphatic heterocycles. The van der Waals surface area contributed by atoms with Crippen molar-refractivity contribution in [3.63, 3.8) is 0 Å². The molecule has 1 N–H and O–H groups in total. The first-order chi connectivity index (χ1) is 16.6. The number of thiazole rings is 1. The zero-order chi connectivity index (χ0) is 23.1. The molecule has 3 aliphatic rings. The van der Waals surface area contributed by atoms with Gasteiger partial charge in [0.25, 0.3) is 5.91 Å². The van der Waals surface area contributed by atoms with Gasteiger partial charge < -0.3 is 19.7 Å². The average Bonchev–Trinajstić information content (AvgIpc) is 3.22. The highest BCUT2D eigenvalue weighted by atomic mass is 32.1. The quantitative estimate of drug-likeness (QED) is 0.559. The van der Waals surface area contributed by atoms with Crippen LogP contribution in [0.15, 0.2) is 29.8 Å². The van der Waals surface area contributed by atoms with Crippen LogP contribution in [0.1, 0.15) is 45.2 Å². The van der Waals surface area contributed by atoms with Gasteiger partial charge in [0.2, 0.25) is 12.7 Å². The van der Waals surface area contributed by atoms with E-state index in [9.17, 15) is 9.59 Å². The third-order valence-corrected chi connectivity index (χ3v) is 7.29. The van der Waals surface area contributed by atoms with Crippen LogP contribution in [0.2, 0.25) is 0 Å². The molecule has 0 atom stereocenters. The molecule has 0 radical (unpaired) electrons. The van der Waals surface area contributed by atoms with E-state index in [4.69, 9.17) is 14.6 Å². The van der Waals surface area contributed by atoms with Crippen molar-refractivity contribution in [1.29, 1.82) is 0 Å². The van der Waals surface area contributed by atoms with Crippen LogP contribution in [0.3, 0.4) is 0 Å². The molecule has 0 unspecified atom stereocenters. The predicted molar refractivity (Wildman–Crippen MR) is 124 cm³/mol. The number of aromatic nitrogens is 3. The van der Waals surface area contributed by atoms with Crippen molar-refractivity contribution in [3.8, 4) is 11.5 Å². The summed E-state index contributed by atoms with van der Waals surface area (Å²) in [6, 6.07) is 5.60. The van der Waals surface area contributed by atoms with E-state index in [1.54, 1.807) is 6.20 Å². The van der Waals surface area contributed by atoms with E-state index < -0.39 is 0 Å². The lowest BCUT2D eigenvalue weighted by Crippen LogP contribution is -2.38. The number of amides is 2. The van der Waals surface area contributed by atoms with Crippen LogP contribution in [-0.4, -0.2) is 44.8 Å². The third kappa shape index (κ3) is 4.25. The van der Waals surface area contributed by atoms with Crippen LogP contribution < -0.4 is 14.8 Å². The lowest BCUT2D eigenvalue weighted by atomic mass is 10.0. The molecule has 1 aromatic carbocycles. The summed E-state index contributed by atoms with van der Waals surface area (Å²) in [6.07, 6.45) is 5.11. The smallest absolute Gasteiger partial charge is 0.272 e. The molecular formula is C24H25N5O4S. The number of nitrogens with zero attached hydrogens (tertiary/aromatic N) is 4. The minimum atomic E-state index is -0.217. The number of ether oxygens (including phenoxy) is 2. The summed E-state index contributed by atoms with van der Waals surface area (Å²) in [4.78, 5) is 32.3. The Hall–Kier alpha value is -3.40. The summed E-state index contributed by atoms with van der Waals surface area (Å²) in [6.45, 7) is 2.43. The Balaban J connectivity index is 1.20. The molecule has 3 aromatic rings. The summed E-state index contributed by atoms with van der Waals surface area (Å²) >= 11 is 1.50. The van der Waals surface area contributed by atoms with Gasteiger partial charge >= 0.3 is 0 Å². The second-order valence-electron chi connectivity index (χ2n) is 8.94. The van der Waals surface area contributed by atoms with E-state index in [-0.39, 0.29) is 25.0 Å². The highest BCUT2D eigenvalue weighted by molar-refractivity contribution is 7.09. The lowest BCUT2D eigenvalue weighted by molar-refractivity contribution is -0.131. The predicted octanol–water partition coefficient (Wildman–Crippen LogP) is 2.54. The highest BCUT2D eigenvalue weighted by Gasteiger charge is 2.32. The Kier molecular flexibility index (Phi) is 5.44. The van der Waals surface area contributed by atoms with E-state index in [0.717, 1.165) is 28.4 Å². The van der Waals surface area contributed by atoms with Gasteiger partial charge in [0.15, 0.2) is 17.2 Å². The van der Waals surface area contributed by atoms with Crippen molar-refractivity contribution in [2.75, 3.05) is 13.3 Å². The van der Waals surface area contributed by atoms with Crippen molar-refractivity contribution in [1.82, 2.24) is 25.0 Å². The van der Waals surface area contributed by atoms with E-state index in [1.807, 2.05) is 33.2 Å². The minimum absolute atomic E-state index is 0.0219. The molecular weight excluding hydrogens is 454 g/mol. The molecule has 1 aliphatic carbocycles. The number of benzene rings is 1. The molecule has 0 bridgehead atoms. The van der Waals surface area contributed by atoms with Gasteiger partial charge in [-0.25, -0.2) is 4.98 Å². The van der Waals surface area contributed by atoms with E-state index in [1.165, 1.54) is 24.2 Å². The Morgan fingerprint density at radius 3 is 2.91 bits per heavy atom. The van der Waals surface area contributed by atoms with Crippen LogP contribution in [0.25, 0.3) is 0 Å². The van der Waals surface area contributed by atoms with E-state index >= 15 is 0 Å². The second kappa shape index (κ2) is 8.75. The highest BCUT2D eigenvalue weighted by Crippen LogP contribution is 2.34. The third-order valence-electron chi connectivity index (χ3n) is 6.51. The van der Waals surface area contributed by atoms with Crippen molar-refractivity contribution in [2.24, 2.45) is 5.92 Å². The zero-order valence-corrected chi connectivity index (χ0v) is 19.5. The van der Waals surface area contributed by atoms with Gasteiger partial charge in [-0.1, -0.05) is 6.07 Å². The summed E-state index contributed by atoms with van der Waals surface area (Å²) in [5.41, 5.74) is 3.25. The number of hydrogen-bond donors (Lipinski definition) is 1. The molecule has 0 saturated heterocycles. The molecule has 176 valence electrons. The van der Waals surface area contributed by atoms with Crippen molar-refractivity contribution in [2.45, 2.75) is 45.3 Å². The minimum Gasteiger partial charge on any atom is -0.454 e. The number of hydrogen-bond acceptors (Lipinski definition) is 7. The van der Waals surface area contributed by atoms with Gasteiger partial charge in [0.1, 0.15) is 5.01 Å².